The van der Waals surface area contributed by atoms with E-state index in [4.69, 9.17) is 0 Å². The van der Waals surface area contributed by atoms with E-state index in [0.717, 1.165) is 11.3 Å². The highest BCUT2D eigenvalue weighted by molar-refractivity contribution is 7.93. The molecule has 0 fully saturated rings. The van der Waals surface area contributed by atoms with E-state index in [2.05, 4.69) is 20.1 Å². The molecule has 1 aromatic carbocycles. The molecule has 0 spiro atoms. The lowest BCUT2D eigenvalue weighted by molar-refractivity contribution is -0.389. The Morgan fingerprint density at radius 3 is 2.57 bits per heavy atom. The number of aryl methyl sites for hydroxylation is 1. The van der Waals surface area contributed by atoms with Crippen molar-refractivity contribution < 1.29 is 18.1 Å². The van der Waals surface area contributed by atoms with Gasteiger partial charge >= 0.3 is 5.82 Å². The zero-order valence-electron chi connectivity index (χ0n) is 16.0. The number of carbonyl (C=O) groups excluding carboxylic acids is 1. The zero-order chi connectivity index (χ0) is 21.9. The van der Waals surface area contributed by atoms with Gasteiger partial charge in [0.1, 0.15) is 0 Å². The van der Waals surface area contributed by atoms with Crippen LogP contribution in [0.5, 0.6) is 0 Å². The zero-order valence-corrected chi connectivity index (χ0v) is 17.6. The number of anilines is 2. The van der Waals surface area contributed by atoms with Crippen LogP contribution < -0.4 is 10.0 Å². The van der Waals surface area contributed by atoms with Gasteiger partial charge < -0.3 is 15.4 Å². The Bertz CT molecular complexity index is 1160. The number of hydrogen-bond acceptors (Lipinski definition) is 8. The van der Waals surface area contributed by atoms with Gasteiger partial charge in [-0.3, -0.25) is 9.52 Å². The second-order valence-electron chi connectivity index (χ2n) is 6.23. The van der Waals surface area contributed by atoms with Crippen LogP contribution in [-0.4, -0.2) is 34.0 Å². The molecule has 13 heteroatoms. The Hall–Kier alpha value is -3.32. The summed E-state index contributed by atoms with van der Waals surface area (Å²) < 4.78 is 28.4. The number of thiazole rings is 1. The maximum atomic E-state index is 12.7. The SMILES string of the molecule is CCC(C(=O)Nc1ccc(S(=O)(=O)Nc2nccs2)cc1)n1nc([N+](=O)[O-])cc1C. The van der Waals surface area contributed by atoms with Crippen LogP contribution in [0.2, 0.25) is 0 Å². The van der Waals surface area contributed by atoms with Crippen molar-refractivity contribution in [1.29, 1.82) is 0 Å². The molecular formula is C17H18N6O5S2. The molecule has 1 atom stereocenters. The quantitative estimate of drug-likeness (QED) is 0.396. The van der Waals surface area contributed by atoms with E-state index in [-0.39, 0.29) is 15.8 Å². The third-order valence-electron chi connectivity index (χ3n) is 4.17. The molecule has 1 amide bonds. The number of aromatic nitrogens is 3. The number of hydrogen-bond donors (Lipinski definition) is 2. The molecule has 0 aliphatic rings. The largest absolute Gasteiger partial charge is 0.390 e. The second kappa shape index (κ2) is 8.59. The minimum atomic E-state index is -3.80. The van der Waals surface area contributed by atoms with E-state index in [1.807, 2.05) is 0 Å². The molecule has 2 aromatic heterocycles. The summed E-state index contributed by atoms with van der Waals surface area (Å²) >= 11 is 1.16. The normalized spacial score (nSPS) is 12.3. The van der Waals surface area contributed by atoms with E-state index in [9.17, 15) is 23.3 Å². The van der Waals surface area contributed by atoms with Gasteiger partial charge in [0.05, 0.1) is 21.8 Å². The summed E-state index contributed by atoms with van der Waals surface area (Å²) in [7, 11) is -3.80. The number of carbonyl (C=O) groups is 1. The third-order valence-corrected chi connectivity index (χ3v) is 6.34. The van der Waals surface area contributed by atoms with Crippen LogP contribution in [0, 0.1) is 17.0 Å². The molecule has 3 rings (SSSR count). The van der Waals surface area contributed by atoms with Gasteiger partial charge in [-0.1, -0.05) is 6.92 Å². The Kier molecular flexibility index (Phi) is 6.12. The molecule has 0 aliphatic carbocycles. The fraction of sp³-hybridized carbons (Fsp3) is 0.235. The number of nitro groups is 1. The number of nitrogens with zero attached hydrogens (tertiary/aromatic N) is 4. The lowest BCUT2D eigenvalue weighted by atomic mass is 10.2. The first-order valence-electron chi connectivity index (χ1n) is 8.75. The molecule has 3 aromatic rings. The maximum absolute atomic E-state index is 12.7. The van der Waals surface area contributed by atoms with Gasteiger partial charge in [-0.05, 0) is 42.5 Å². The van der Waals surface area contributed by atoms with Gasteiger partial charge in [-0.25, -0.2) is 13.4 Å². The van der Waals surface area contributed by atoms with Crippen molar-refractivity contribution in [3.05, 3.63) is 57.7 Å². The Balaban J connectivity index is 1.74. The van der Waals surface area contributed by atoms with Crippen LogP contribution in [0.25, 0.3) is 0 Å². The molecule has 2 heterocycles. The van der Waals surface area contributed by atoms with E-state index in [1.165, 1.54) is 41.2 Å². The van der Waals surface area contributed by atoms with Crippen LogP contribution in [0.4, 0.5) is 16.6 Å². The van der Waals surface area contributed by atoms with E-state index >= 15 is 0 Å². The highest BCUT2D eigenvalue weighted by Gasteiger charge is 2.27. The van der Waals surface area contributed by atoms with Crippen molar-refractivity contribution >= 4 is 43.9 Å². The van der Waals surface area contributed by atoms with E-state index in [1.54, 1.807) is 19.2 Å². The highest BCUT2D eigenvalue weighted by Crippen LogP contribution is 2.22. The predicted octanol–water partition coefficient (Wildman–Crippen LogP) is 2.95. The molecular weight excluding hydrogens is 432 g/mol. The molecule has 0 saturated heterocycles. The molecule has 0 radical (unpaired) electrons. The summed E-state index contributed by atoms with van der Waals surface area (Å²) in [5.41, 5.74) is 0.865. The Morgan fingerprint density at radius 1 is 1.33 bits per heavy atom. The van der Waals surface area contributed by atoms with Crippen LogP contribution in [0.1, 0.15) is 25.1 Å². The summed E-state index contributed by atoms with van der Waals surface area (Å²) in [5, 5.41) is 19.4. The molecule has 1 unspecified atom stereocenters. The van der Waals surface area contributed by atoms with Gasteiger partial charge in [-0.15, -0.1) is 11.3 Å². The molecule has 30 heavy (non-hydrogen) atoms. The average Bonchev–Trinajstić information content (AvgIpc) is 3.32. The Labute approximate surface area is 176 Å². The van der Waals surface area contributed by atoms with Gasteiger partial charge in [0.25, 0.3) is 15.9 Å². The number of benzene rings is 1. The predicted molar refractivity (Wildman–Crippen MR) is 111 cm³/mol. The summed E-state index contributed by atoms with van der Waals surface area (Å²) in [4.78, 5) is 26.9. The third kappa shape index (κ3) is 4.63. The first kappa shape index (κ1) is 21.4. The first-order valence-corrected chi connectivity index (χ1v) is 11.1. The van der Waals surface area contributed by atoms with Gasteiger partial charge in [0.2, 0.25) is 0 Å². The minimum absolute atomic E-state index is 0.0151. The number of amides is 1. The maximum Gasteiger partial charge on any atom is 0.390 e. The van der Waals surface area contributed by atoms with Crippen LogP contribution in [0.15, 0.2) is 46.8 Å². The molecule has 0 saturated carbocycles. The summed E-state index contributed by atoms with van der Waals surface area (Å²) in [5.74, 6) is -0.754. The summed E-state index contributed by atoms with van der Waals surface area (Å²) in [6.45, 7) is 3.39. The van der Waals surface area contributed by atoms with Crippen LogP contribution in [-0.2, 0) is 14.8 Å². The van der Waals surface area contributed by atoms with Crippen molar-refractivity contribution in [1.82, 2.24) is 14.8 Å². The van der Waals surface area contributed by atoms with Crippen molar-refractivity contribution in [3.8, 4) is 0 Å². The standard InChI is InChI=1S/C17H18N6O5S2/c1-3-14(22-11(2)10-15(20-22)23(25)26)16(24)19-12-4-6-13(7-5-12)30(27,28)21-17-18-8-9-29-17/h4-10,14H,3H2,1-2H3,(H,18,21)(H,19,24). The molecule has 158 valence electrons. The van der Waals surface area contributed by atoms with Crippen molar-refractivity contribution in [2.24, 2.45) is 0 Å². The fourth-order valence-corrected chi connectivity index (χ4v) is 4.52. The van der Waals surface area contributed by atoms with Crippen LogP contribution >= 0.6 is 11.3 Å². The monoisotopic (exact) mass is 450 g/mol. The number of rotatable bonds is 8. The first-order chi connectivity index (χ1) is 14.2. The number of sulfonamides is 1. The smallest absolute Gasteiger partial charge is 0.358 e. The van der Waals surface area contributed by atoms with E-state index in [0.29, 0.717) is 17.8 Å². The van der Waals surface area contributed by atoms with Gasteiger partial charge in [-0.2, -0.15) is 4.68 Å². The topological polar surface area (TPSA) is 149 Å². The van der Waals surface area contributed by atoms with Gasteiger partial charge in [0, 0.05) is 17.3 Å². The highest BCUT2D eigenvalue weighted by atomic mass is 32.2. The van der Waals surface area contributed by atoms with Crippen molar-refractivity contribution in [2.75, 3.05) is 10.0 Å². The molecule has 0 bridgehead atoms. The lowest BCUT2D eigenvalue weighted by Crippen LogP contribution is -2.27. The molecule has 11 nitrogen and oxygen atoms in total. The fourth-order valence-electron chi connectivity index (χ4n) is 2.74. The molecule has 2 N–H and O–H groups in total. The van der Waals surface area contributed by atoms with Crippen molar-refractivity contribution in [2.45, 2.75) is 31.2 Å². The molecule has 0 aliphatic heterocycles. The number of nitrogens with one attached hydrogen (secondary N) is 2. The average molecular weight is 451 g/mol. The van der Waals surface area contributed by atoms with Crippen molar-refractivity contribution in [3.63, 3.8) is 0 Å². The van der Waals surface area contributed by atoms with E-state index < -0.39 is 26.9 Å². The summed E-state index contributed by atoms with van der Waals surface area (Å²) in [6.07, 6.45) is 1.84. The Morgan fingerprint density at radius 2 is 2.03 bits per heavy atom. The second-order valence-corrected chi connectivity index (χ2v) is 8.80. The van der Waals surface area contributed by atoms with Gasteiger partial charge in [0.15, 0.2) is 11.2 Å². The lowest BCUT2D eigenvalue weighted by Gasteiger charge is -2.14. The minimum Gasteiger partial charge on any atom is -0.358 e. The van der Waals surface area contributed by atoms with Crippen LogP contribution in [0.3, 0.4) is 0 Å². The summed E-state index contributed by atoms with van der Waals surface area (Å²) in [6, 6.07) is 6.17.